The Morgan fingerprint density at radius 2 is 1.13 bits per heavy atom. The molecule has 1 saturated heterocycles. The quantitative estimate of drug-likeness (QED) is 0.0321. The van der Waals surface area contributed by atoms with Gasteiger partial charge < -0.3 is 70.8 Å². The highest BCUT2D eigenvalue weighted by molar-refractivity contribution is 6.30. The van der Waals surface area contributed by atoms with Crippen molar-refractivity contribution in [3.8, 4) is 0 Å². The Morgan fingerprint density at radius 3 is 1.66 bits per heavy atom. The predicted octanol–water partition coefficient (Wildman–Crippen LogP) is 4.45. The summed E-state index contributed by atoms with van der Waals surface area (Å²) >= 11 is 5.82. The van der Waals surface area contributed by atoms with Crippen LogP contribution in [0, 0.1) is 17.8 Å². The molecule has 0 radical (unpaired) electrons. The van der Waals surface area contributed by atoms with Crippen LogP contribution in [0.5, 0.6) is 0 Å². The van der Waals surface area contributed by atoms with E-state index in [1.165, 1.54) is 95.7 Å². The van der Waals surface area contributed by atoms with Crippen molar-refractivity contribution in [3.63, 3.8) is 0 Å². The van der Waals surface area contributed by atoms with Crippen LogP contribution < -0.4 is 27.0 Å². The second kappa shape index (κ2) is 43.6. The lowest BCUT2D eigenvalue weighted by Crippen LogP contribution is -2.62. The Morgan fingerprint density at radius 1 is 0.592 bits per heavy atom. The van der Waals surface area contributed by atoms with Crippen LogP contribution in [-0.2, 0) is 67.0 Å². The highest BCUT2D eigenvalue weighted by Crippen LogP contribution is 2.22. The molecule has 4 unspecified atom stereocenters. The molecular weight excluding hydrogens is 1280 g/mol. The fraction of sp³-hybridized carbons (Fsp3) is 0.577. The van der Waals surface area contributed by atoms with Crippen LogP contribution in [0.1, 0.15) is 114 Å². The highest BCUT2D eigenvalue weighted by atomic mass is 35.5. The summed E-state index contributed by atoms with van der Waals surface area (Å²) in [5.74, 6) is -9.38. The van der Waals surface area contributed by atoms with Crippen LogP contribution in [0.25, 0.3) is 0 Å². The van der Waals surface area contributed by atoms with Gasteiger partial charge in [-0.15, -0.1) is 0 Å². The lowest BCUT2D eigenvalue weighted by Gasteiger charge is -2.38. The lowest BCUT2D eigenvalue weighted by molar-refractivity contribution is -0.152. The van der Waals surface area contributed by atoms with Gasteiger partial charge in [-0.3, -0.25) is 57.5 Å². The molecule has 12 amide bonds. The van der Waals surface area contributed by atoms with E-state index in [0.29, 0.717) is 37.9 Å². The number of amides is 12. The van der Waals surface area contributed by atoms with Crippen LogP contribution in [0.4, 0.5) is 0 Å². The zero-order chi connectivity index (χ0) is 74.9. The minimum Gasteiger partial charge on any atom is -0.498 e. The van der Waals surface area contributed by atoms with Gasteiger partial charge in [0.25, 0.3) is 0 Å². The van der Waals surface area contributed by atoms with Crippen LogP contribution in [0.3, 0.4) is 0 Å². The van der Waals surface area contributed by atoms with E-state index in [2.05, 4.69) is 47.6 Å². The van der Waals surface area contributed by atoms with Crippen molar-refractivity contribution in [2.75, 3.05) is 75.1 Å². The summed E-state index contributed by atoms with van der Waals surface area (Å²) in [6, 6.07) is -12.1. The Labute approximate surface area is 585 Å². The number of halogens is 1. The molecular formula is C71H111ClN12O14. The molecule has 0 aliphatic carbocycles. The second-order valence-corrected chi connectivity index (χ2v) is 27.0. The monoisotopic (exact) mass is 1390 g/mol. The molecule has 27 heteroatoms. The maximum absolute atomic E-state index is 15.3. The maximum Gasteiger partial charge on any atom is 0.249 e. The van der Waals surface area contributed by atoms with Gasteiger partial charge in [0.1, 0.15) is 61.0 Å². The number of nitrogens with one attached hydrogen (secondary N) is 4. The summed E-state index contributed by atoms with van der Waals surface area (Å²) < 4.78 is 11.7. The molecule has 0 aromatic carbocycles. The first kappa shape index (κ1) is 87.4. The molecule has 1 aliphatic heterocycles. The maximum atomic E-state index is 15.3. The Balaban J connectivity index is 3.89. The Kier molecular flexibility index (Phi) is 38.9. The highest BCUT2D eigenvalue weighted by Gasteiger charge is 2.42. The van der Waals surface area contributed by atoms with E-state index < -0.39 is 150 Å². The second-order valence-electron chi connectivity index (χ2n) is 26.5. The molecule has 98 heavy (non-hydrogen) atoms. The van der Waals surface area contributed by atoms with Crippen molar-refractivity contribution in [1.29, 1.82) is 0 Å². The van der Waals surface area contributed by atoms with Crippen molar-refractivity contribution in [2.24, 2.45) is 23.5 Å². The number of carbonyl (C=O) groups is 12. The number of nitrogens with zero attached hydrogens (tertiary/aromatic N) is 7. The third-order valence-corrected chi connectivity index (χ3v) is 16.1. The standard InChI is InChI=1S/C71H111ClN12O14/c1-21-23-25-26-28-35-55(63(89)76-53(43-97-38-32-29-34-50(10)72)68(94)82(19)60(47(5)6)62(73)88)80(17)66(92)51(11)74-58(86)41-52(69(95)84-36-30-27-31-37-84)75-65(91)61(48(7)8)83(20)70(96)57(40-49(9)33-24-22-2)81(18)67(93)54(44-98-71(12,13)14)77-64(90)56(39-46(3)4)79(16)59(87)42-78(15)45-85/h21-26,28-29,32-34,38,45-48,51-57,60-61H,1-2,9-10,27,30-31,35-37,39-44H2,3-8,11-20H3,(H2,73,88)(H,74,86)(H,75,91)(H,76,89)(H,77,90)/b25-23-,28-26+,33-24-,34-29-,38-32+/t51?,52?,53?,54-,55-,56-,57-,60?,61-/m0/s1. The molecule has 0 aromatic rings. The van der Waals surface area contributed by atoms with Gasteiger partial charge in [-0.2, -0.15) is 0 Å². The summed E-state index contributed by atoms with van der Waals surface area (Å²) in [5, 5.41) is 11.1. The number of primary amides is 1. The molecule has 26 nitrogen and oxygen atoms in total. The zero-order valence-electron chi connectivity index (χ0n) is 60.5. The molecule has 1 heterocycles. The fourth-order valence-electron chi connectivity index (χ4n) is 10.7. The SMILES string of the molecule is C=C/C=C\C=C\C[C@@H](C(=O)NC(CO/C=C/C=C\C(=C)Cl)C(=O)N(C)C(C(N)=O)C(C)C)N(C)C(=O)C(C)NC(=O)CC(NC(=O)[C@H](C(C)C)N(C)C(=O)[C@H](CC(=C)/C=C\C=C)N(C)C(=O)[C@H](COC(C)(C)C)NC(=O)[C@H](CC(C)C)N(C)C(=O)CN(C)C=O)C(=O)N1CCCCC1. The van der Waals surface area contributed by atoms with E-state index in [1.807, 2.05) is 13.8 Å². The number of nitrogens with two attached hydrogens (primary N) is 1. The normalized spacial score (nSPS) is 15.5. The zero-order valence-corrected chi connectivity index (χ0v) is 61.3. The topological polar surface area (TPSA) is 320 Å². The van der Waals surface area contributed by atoms with Crippen molar-refractivity contribution in [2.45, 2.75) is 174 Å². The van der Waals surface area contributed by atoms with E-state index in [1.54, 1.807) is 84.9 Å². The number of ether oxygens (including phenoxy) is 2. The fourth-order valence-corrected chi connectivity index (χ4v) is 10.8. The molecule has 6 N–H and O–H groups in total. The van der Waals surface area contributed by atoms with E-state index >= 15 is 9.59 Å². The first-order valence-electron chi connectivity index (χ1n) is 32.9. The number of allylic oxidation sites excluding steroid dienone is 11. The van der Waals surface area contributed by atoms with Crippen molar-refractivity contribution in [3.05, 3.63) is 110 Å². The predicted molar refractivity (Wildman–Crippen MR) is 379 cm³/mol. The third-order valence-electron chi connectivity index (χ3n) is 15.9. The van der Waals surface area contributed by atoms with E-state index in [0.717, 1.165) is 30.9 Å². The first-order chi connectivity index (χ1) is 45.8. The van der Waals surface area contributed by atoms with Crippen molar-refractivity contribution >= 4 is 83.0 Å². The molecule has 1 rings (SSSR count). The molecule has 546 valence electrons. The lowest BCUT2D eigenvalue weighted by atomic mass is 9.97. The minimum absolute atomic E-state index is 0.112. The van der Waals surface area contributed by atoms with Gasteiger partial charge in [-0.25, -0.2) is 0 Å². The molecule has 9 atom stereocenters. The van der Waals surface area contributed by atoms with E-state index in [-0.39, 0.29) is 43.4 Å². The number of likely N-dealkylation sites (tertiary alicyclic amines) is 1. The van der Waals surface area contributed by atoms with E-state index in [4.69, 9.17) is 26.8 Å². The number of piperidine rings is 1. The summed E-state index contributed by atoms with van der Waals surface area (Å²) in [6.45, 7) is 31.6. The van der Waals surface area contributed by atoms with Crippen LogP contribution in [0.15, 0.2) is 110 Å². The minimum atomic E-state index is -1.54. The van der Waals surface area contributed by atoms with Crippen LogP contribution >= 0.6 is 11.6 Å². The van der Waals surface area contributed by atoms with Crippen molar-refractivity contribution in [1.82, 2.24) is 55.6 Å². The summed E-state index contributed by atoms with van der Waals surface area (Å²) in [6.07, 6.45) is 20.2. The van der Waals surface area contributed by atoms with Crippen LogP contribution in [0.2, 0.25) is 0 Å². The number of hydrogen-bond donors (Lipinski definition) is 5. The van der Waals surface area contributed by atoms with Gasteiger partial charge in [0, 0.05) is 66.8 Å². The Hall–Kier alpha value is -8.65. The molecule has 0 spiro atoms. The van der Waals surface area contributed by atoms with Gasteiger partial charge in [-0.05, 0) is 89.7 Å². The number of rotatable bonds is 42. The van der Waals surface area contributed by atoms with Gasteiger partial charge in [0.05, 0.1) is 31.4 Å². The first-order valence-corrected chi connectivity index (χ1v) is 33.3. The van der Waals surface area contributed by atoms with Crippen LogP contribution in [-0.4, -0.2) is 241 Å². The van der Waals surface area contributed by atoms with Gasteiger partial charge >= 0.3 is 0 Å². The van der Waals surface area contributed by atoms with Crippen molar-refractivity contribution < 1.29 is 67.0 Å². The van der Waals surface area contributed by atoms with Gasteiger partial charge in [0.15, 0.2) is 0 Å². The number of carbonyl (C=O) groups excluding carboxylic acids is 12. The molecule has 1 aliphatic rings. The average molecular weight is 1390 g/mol. The summed E-state index contributed by atoms with van der Waals surface area (Å²) in [4.78, 5) is 177. The summed E-state index contributed by atoms with van der Waals surface area (Å²) in [5.41, 5.74) is 5.25. The van der Waals surface area contributed by atoms with Gasteiger partial charge in [0.2, 0.25) is 71.4 Å². The average Bonchev–Trinajstić information content (AvgIpc) is 0.828. The Bertz CT molecular complexity index is 2950. The molecule has 0 bridgehead atoms. The number of likely N-dealkylation sites (N-methyl/N-ethyl adjacent to an activating group) is 6. The molecule has 0 aromatic heterocycles. The molecule has 1 fully saturated rings. The number of hydrogen-bond acceptors (Lipinski definition) is 14. The van der Waals surface area contributed by atoms with E-state index in [9.17, 15) is 47.9 Å². The summed E-state index contributed by atoms with van der Waals surface area (Å²) in [7, 11) is 8.26. The largest absolute Gasteiger partial charge is 0.498 e. The van der Waals surface area contributed by atoms with Gasteiger partial charge in [-0.1, -0.05) is 140 Å². The smallest absolute Gasteiger partial charge is 0.249 e. The molecule has 0 saturated carbocycles. The third kappa shape index (κ3) is 30.0.